The summed E-state index contributed by atoms with van der Waals surface area (Å²) in [4.78, 5) is 3.96. The Hall–Kier alpha value is -3.19. The van der Waals surface area contributed by atoms with Gasteiger partial charge in [0.05, 0.1) is 11.4 Å². The SMILES string of the molecule is NN/N=C(\N)c1c(-c2ccc(CN=C(N)N)cc2)ccc(CC2CCNCC2)c1S(N)(=O)=O. The number of nitrogens with zero attached hydrogens (tertiary/aromatic N) is 2. The number of guanidine groups is 1. The maximum Gasteiger partial charge on any atom is 0.239 e. The quantitative estimate of drug-likeness (QED) is 0.113. The molecule has 2 aromatic carbocycles. The van der Waals surface area contributed by atoms with E-state index in [4.69, 9.17) is 28.2 Å². The minimum atomic E-state index is -4.13. The Morgan fingerprint density at radius 1 is 1.06 bits per heavy atom. The van der Waals surface area contributed by atoms with Crippen LogP contribution in [0.2, 0.25) is 0 Å². The Morgan fingerprint density at radius 2 is 1.73 bits per heavy atom. The van der Waals surface area contributed by atoms with Crippen molar-refractivity contribution in [2.24, 2.45) is 44.2 Å². The number of benzene rings is 2. The van der Waals surface area contributed by atoms with Gasteiger partial charge < -0.3 is 22.5 Å². The highest BCUT2D eigenvalue weighted by atomic mass is 32.2. The summed E-state index contributed by atoms with van der Waals surface area (Å²) in [5.41, 5.74) is 22.1. The smallest absolute Gasteiger partial charge is 0.239 e. The molecular formula is C21H31N9O2S. The van der Waals surface area contributed by atoms with Crippen molar-refractivity contribution in [2.75, 3.05) is 13.1 Å². The number of nitrogens with two attached hydrogens (primary N) is 5. The zero-order valence-electron chi connectivity index (χ0n) is 18.3. The molecule has 12 heteroatoms. The van der Waals surface area contributed by atoms with Gasteiger partial charge in [-0.2, -0.15) is 0 Å². The molecule has 0 aliphatic carbocycles. The van der Waals surface area contributed by atoms with Crippen molar-refractivity contribution < 1.29 is 8.42 Å². The van der Waals surface area contributed by atoms with E-state index >= 15 is 0 Å². The van der Waals surface area contributed by atoms with Crippen LogP contribution in [0.5, 0.6) is 0 Å². The van der Waals surface area contributed by atoms with Gasteiger partial charge in [0.15, 0.2) is 11.8 Å². The summed E-state index contributed by atoms with van der Waals surface area (Å²) in [6.45, 7) is 2.12. The second kappa shape index (κ2) is 10.6. The first-order valence-electron chi connectivity index (χ1n) is 10.5. The molecule has 0 spiro atoms. The molecule has 0 atom stereocenters. The van der Waals surface area contributed by atoms with E-state index in [0.717, 1.165) is 37.1 Å². The number of hydrogen-bond donors (Lipinski definition) is 7. The molecular weight excluding hydrogens is 442 g/mol. The van der Waals surface area contributed by atoms with E-state index in [-0.39, 0.29) is 22.3 Å². The minimum absolute atomic E-state index is 0.00163. The number of hydrogen-bond acceptors (Lipinski definition) is 7. The Labute approximate surface area is 193 Å². The maximum absolute atomic E-state index is 12.8. The monoisotopic (exact) mass is 473 g/mol. The van der Waals surface area contributed by atoms with Crippen LogP contribution in [-0.2, 0) is 23.0 Å². The van der Waals surface area contributed by atoms with Gasteiger partial charge in [-0.05, 0) is 60.5 Å². The van der Waals surface area contributed by atoms with Crippen LogP contribution in [0.4, 0.5) is 0 Å². The molecule has 0 amide bonds. The molecule has 1 aliphatic heterocycles. The van der Waals surface area contributed by atoms with Crippen LogP contribution < -0.4 is 39.0 Å². The van der Waals surface area contributed by atoms with Crippen molar-refractivity contribution in [3.05, 3.63) is 53.1 Å². The van der Waals surface area contributed by atoms with Crippen LogP contribution in [0.3, 0.4) is 0 Å². The molecule has 33 heavy (non-hydrogen) atoms. The van der Waals surface area contributed by atoms with Crippen LogP contribution in [0.15, 0.2) is 51.4 Å². The Morgan fingerprint density at radius 3 is 2.30 bits per heavy atom. The molecule has 1 heterocycles. The molecule has 1 fully saturated rings. The molecule has 0 aromatic heterocycles. The largest absolute Gasteiger partial charge is 0.382 e. The van der Waals surface area contributed by atoms with Crippen LogP contribution >= 0.6 is 0 Å². The summed E-state index contributed by atoms with van der Waals surface area (Å²) in [6, 6.07) is 11.0. The van der Waals surface area contributed by atoms with Crippen LogP contribution in [0, 0.1) is 5.92 Å². The highest BCUT2D eigenvalue weighted by Gasteiger charge is 2.27. The molecule has 1 saturated heterocycles. The first-order chi connectivity index (χ1) is 15.7. The lowest BCUT2D eigenvalue weighted by molar-refractivity contribution is 0.371. The third-order valence-electron chi connectivity index (χ3n) is 5.64. The van der Waals surface area contributed by atoms with Gasteiger partial charge in [0.2, 0.25) is 10.0 Å². The predicted molar refractivity (Wildman–Crippen MR) is 130 cm³/mol. The summed E-state index contributed by atoms with van der Waals surface area (Å²) >= 11 is 0. The summed E-state index contributed by atoms with van der Waals surface area (Å²) in [6.07, 6.45) is 2.47. The molecule has 11 nitrogen and oxygen atoms in total. The van der Waals surface area contributed by atoms with E-state index in [2.05, 4.69) is 20.9 Å². The van der Waals surface area contributed by atoms with E-state index in [1.807, 2.05) is 30.3 Å². The summed E-state index contributed by atoms with van der Waals surface area (Å²) in [5.74, 6) is 5.61. The van der Waals surface area contributed by atoms with Crippen molar-refractivity contribution in [2.45, 2.75) is 30.7 Å². The zero-order chi connectivity index (χ0) is 24.0. The number of piperidine rings is 1. The molecule has 3 rings (SSSR count). The number of sulfonamides is 1. The molecule has 2 aromatic rings. The number of amidine groups is 1. The molecule has 12 N–H and O–H groups in total. The number of rotatable bonds is 8. The van der Waals surface area contributed by atoms with Gasteiger partial charge in [0, 0.05) is 5.56 Å². The molecule has 0 unspecified atom stereocenters. The molecule has 0 bridgehead atoms. The summed E-state index contributed by atoms with van der Waals surface area (Å²) in [7, 11) is -4.13. The zero-order valence-corrected chi connectivity index (χ0v) is 19.1. The first kappa shape index (κ1) is 24.5. The normalized spacial score (nSPS) is 15.3. The van der Waals surface area contributed by atoms with Gasteiger partial charge >= 0.3 is 0 Å². The minimum Gasteiger partial charge on any atom is -0.382 e. The van der Waals surface area contributed by atoms with E-state index in [9.17, 15) is 8.42 Å². The second-order valence-corrected chi connectivity index (χ2v) is 9.48. The highest BCUT2D eigenvalue weighted by molar-refractivity contribution is 7.89. The van der Waals surface area contributed by atoms with Crippen molar-refractivity contribution in [1.82, 2.24) is 10.9 Å². The van der Waals surface area contributed by atoms with Gasteiger partial charge in [0.25, 0.3) is 0 Å². The molecule has 0 radical (unpaired) electrons. The maximum atomic E-state index is 12.8. The second-order valence-electron chi connectivity index (χ2n) is 7.98. The fraction of sp³-hybridized carbons (Fsp3) is 0.333. The average Bonchev–Trinajstić information content (AvgIpc) is 2.78. The number of aliphatic imine (C=N–C) groups is 1. The molecule has 178 valence electrons. The van der Waals surface area contributed by atoms with Crippen LogP contribution in [0.1, 0.15) is 29.5 Å². The fourth-order valence-corrected chi connectivity index (χ4v) is 5.12. The van der Waals surface area contributed by atoms with Crippen LogP contribution in [-0.4, -0.2) is 33.3 Å². The molecule has 0 saturated carbocycles. The van der Waals surface area contributed by atoms with Gasteiger partial charge in [-0.15, -0.1) is 5.10 Å². The standard InChI is InChI=1S/C21H31N9O2S/c22-20(29-30-25)18-17(15-3-1-14(2-4-15)12-28-21(23)24)6-5-16(19(18)33(26,31)32)11-13-7-9-27-10-8-13/h1-6,13,27,30H,7-12,25H2,(H2,22,29)(H4,23,24,28)(H2,26,31,32). The number of hydrazine groups is 1. The lowest BCUT2D eigenvalue weighted by Crippen LogP contribution is -2.30. The molecule has 1 aliphatic rings. The average molecular weight is 474 g/mol. The third-order valence-corrected chi connectivity index (χ3v) is 6.68. The number of primary sulfonamides is 1. The number of nitrogens with one attached hydrogen (secondary N) is 2. The predicted octanol–water partition coefficient (Wildman–Crippen LogP) is -0.600. The topological polar surface area (TPSA) is 213 Å². The summed E-state index contributed by atoms with van der Waals surface area (Å²) in [5, 5.41) is 12.9. The van der Waals surface area contributed by atoms with Gasteiger partial charge in [-0.3, -0.25) is 0 Å². The van der Waals surface area contributed by atoms with Crippen molar-refractivity contribution in [3.63, 3.8) is 0 Å². The van der Waals surface area contributed by atoms with Gasteiger partial charge in [-0.1, -0.05) is 36.4 Å². The van der Waals surface area contributed by atoms with E-state index in [1.165, 1.54) is 0 Å². The fourth-order valence-electron chi connectivity index (χ4n) is 4.10. The van der Waals surface area contributed by atoms with Gasteiger partial charge in [-0.25, -0.2) is 29.9 Å². The lowest BCUT2D eigenvalue weighted by Gasteiger charge is -2.24. The van der Waals surface area contributed by atoms with E-state index < -0.39 is 10.0 Å². The van der Waals surface area contributed by atoms with Crippen molar-refractivity contribution >= 4 is 21.8 Å². The van der Waals surface area contributed by atoms with E-state index in [1.54, 1.807) is 6.07 Å². The Balaban J connectivity index is 2.14. The Bertz CT molecular complexity index is 1140. The van der Waals surface area contributed by atoms with Crippen LogP contribution in [0.25, 0.3) is 11.1 Å². The number of hydrazone groups is 1. The van der Waals surface area contributed by atoms with Gasteiger partial charge in [0.1, 0.15) is 0 Å². The third kappa shape index (κ3) is 6.20. The lowest BCUT2D eigenvalue weighted by atomic mass is 9.88. The van der Waals surface area contributed by atoms with Crippen molar-refractivity contribution in [3.8, 4) is 11.1 Å². The first-order valence-corrected chi connectivity index (χ1v) is 12.1. The van der Waals surface area contributed by atoms with Crippen molar-refractivity contribution in [1.29, 1.82) is 0 Å². The van der Waals surface area contributed by atoms with E-state index in [0.29, 0.717) is 30.0 Å². The summed E-state index contributed by atoms with van der Waals surface area (Å²) < 4.78 is 25.6. The highest BCUT2D eigenvalue weighted by Crippen LogP contribution is 2.33. The Kier molecular flexibility index (Phi) is 7.87.